The molecule has 6 heteroatoms. The first kappa shape index (κ1) is 14.6. The number of aryl methyl sites for hydroxylation is 1. The molecule has 6 nitrogen and oxygen atoms in total. The van der Waals surface area contributed by atoms with Gasteiger partial charge in [0.25, 0.3) is 0 Å². The Bertz CT molecular complexity index is 989. The van der Waals surface area contributed by atoms with Crippen LogP contribution in [0.25, 0.3) is 17.1 Å². The lowest BCUT2D eigenvalue weighted by Gasteiger charge is -2.00. The maximum Gasteiger partial charge on any atom is 0.351 e. The fraction of sp³-hybridized carbons (Fsp3) is 0.0588. The summed E-state index contributed by atoms with van der Waals surface area (Å²) in [4.78, 5) is 32.3. The molecule has 2 heterocycles. The van der Waals surface area contributed by atoms with E-state index >= 15 is 0 Å². The second-order valence-corrected chi connectivity index (χ2v) is 4.89. The molecule has 0 radical (unpaired) electrons. The van der Waals surface area contributed by atoms with Crippen LogP contribution < -0.4 is 5.63 Å². The molecule has 0 aliphatic heterocycles. The van der Waals surface area contributed by atoms with Gasteiger partial charge in [-0.2, -0.15) is 0 Å². The van der Waals surface area contributed by atoms with Gasteiger partial charge in [0, 0.05) is 6.07 Å². The van der Waals surface area contributed by atoms with E-state index in [0.29, 0.717) is 11.2 Å². The van der Waals surface area contributed by atoms with E-state index in [9.17, 15) is 14.7 Å². The van der Waals surface area contributed by atoms with Crippen molar-refractivity contribution >= 4 is 22.9 Å². The lowest BCUT2D eigenvalue weighted by Crippen LogP contribution is -2.13. The molecule has 0 atom stereocenters. The number of carbonyl (C=O) groups excluding carboxylic acids is 1. The number of nitrogens with zero attached hydrogens (tertiary/aromatic N) is 2. The Hall–Kier alpha value is -3.28. The summed E-state index contributed by atoms with van der Waals surface area (Å²) in [6, 6.07) is 8.55. The topological polar surface area (TPSA) is 93.3 Å². The monoisotopic (exact) mass is 308 g/mol. The number of fused-ring (bicyclic) bond motifs is 1. The summed E-state index contributed by atoms with van der Waals surface area (Å²) in [5, 5.41) is 9.74. The van der Waals surface area contributed by atoms with Crippen LogP contribution in [0.2, 0.25) is 0 Å². The van der Waals surface area contributed by atoms with Crippen molar-refractivity contribution in [2.24, 2.45) is 0 Å². The second-order valence-electron chi connectivity index (χ2n) is 4.89. The number of rotatable bonds is 3. The highest BCUT2D eigenvalue weighted by atomic mass is 16.4. The third kappa shape index (κ3) is 3.01. The van der Waals surface area contributed by atoms with Crippen LogP contribution in [0.4, 0.5) is 0 Å². The Morgan fingerprint density at radius 1 is 1.26 bits per heavy atom. The molecule has 0 amide bonds. The molecular formula is C17H12N2O4. The molecule has 0 aliphatic rings. The van der Waals surface area contributed by atoms with E-state index in [2.05, 4.69) is 9.97 Å². The number of allylic oxidation sites excluding steroid dienone is 1. The summed E-state index contributed by atoms with van der Waals surface area (Å²) in [6.07, 6.45) is 4.10. The van der Waals surface area contributed by atoms with Crippen molar-refractivity contribution in [1.82, 2.24) is 9.97 Å². The highest BCUT2D eigenvalue weighted by Gasteiger charge is 2.15. The van der Waals surface area contributed by atoms with Gasteiger partial charge >= 0.3 is 5.63 Å². The number of aromatic hydroxyl groups is 1. The number of ketones is 1. The minimum atomic E-state index is -0.873. The quantitative estimate of drug-likeness (QED) is 0.590. The Labute approximate surface area is 130 Å². The van der Waals surface area contributed by atoms with Crippen molar-refractivity contribution < 1.29 is 14.3 Å². The molecule has 0 aliphatic carbocycles. The third-order valence-electron chi connectivity index (χ3n) is 3.17. The van der Waals surface area contributed by atoms with Crippen LogP contribution in [0.5, 0.6) is 5.75 Å². The predicted octanol–water partition coefficient (Wildman–Crippen LogP) is 2.49. The van der Waals surface area contributed by atoms with Gasteiger partial charge < -0.3 is 9.52 Å². The number of aromatic nitrogens is 2. The summed E-state index contributed by atoms with van der Waals surface area (Å²) < 4.78 is 4.82. The van der Waals surface area contributed by atoms with Gasteiger partial charge in [-0.25, -0.2) is 9.78 Å². The Kier molecular flexibility index (Phi) is 3.72. The van der Waals surface area contributed by atoms with Gasteiger partial charge in [-0.3, -0.25) is 9.78 Å². The highest BCUT2D eigenvalue weighted by molar-refractivity contribution is 6.08. The number of carbonyl (C=O) groups is 1. The van der Waals surface area contributed by atoms with Gasteiger partial charge in [-0.1, -0.05) is 12.1 Å². The zero-order chi connectivity index (χ0) is 16.4. The summed E-state index contributed by atoms with van der Waals surface area (Å²) in [5.74, 6) is -0.836. The normalized spacial score (nSPS) is 11.2. The average molecular weight is 308 g/mol. The number of hydrogen-bond acceptors (Lipinski definition) is 6. The van der Waals surface area contributed by atoms with Crippen LogP contribution in [0.3, 0.4) is 0 Å². The first-order chi connectivity index (χ1) is 11.0. The van der Waals surface area contributed by atoms with Crippen LogP contribution in [-0.4, -0.2) is 20.9 Å². The fourth-order valence-corrected chi connectivity index (χ4v) is 2.12. The SMILES string of the molecule is Cc1cc(O)c(C(=O)/C=C/c2cnc3ccccc3n2)c(=O)o1. The van der Waals surface area contributed by atoms with Crippen molar-refractivity contribution in [3.63, 3.8) is 0 Å². The first-order valence-corrected chi connectivity index (χ1v) is 6.82. The van der Waals surface area contributed by atoms with E-state index in [-0.39, 0.29) is 5.76 Å². The molecule has 1 N–H and O–H groups in total. The molecule has 0 spiro atoms. The van der Waals surface area contributed by atoms with Gasteiger partial charge in [0.1, 0.15) is 17.1 Å². The van der Waals surface area contributed by atoms with Crippen molar-refractivity contribution in [2.75, 3.05) is 0 Å². The van der Waals surface area contributed by atoms with E-state index in [1.807, 2.05) is 24.3 Å². The molecule has 23 heavy (non-hydrogen) atoms. The van der Waals surface area contributed by atoms with E-state index < -0.39 is 22.7 Å². The van der Waals surface area contributed by atoms with Crippen LogP contribution in [-0.2, 0) is 0 Å². The van der Waals surface area contributed by atoms with E-state index in [0.717, 1.165) is 11.6 Å². The molecule has 0 bridgehead atoms. The van der Waals surface area contributed by atoms with Crippen LogP contribution >= 0.6 is 0 Å². The van der Waals surface area contributed by atoms with Gasteiger partial charge in [0.2, 0.25) is 0 Å². The van der Waals surface area contributed by atoms with Crippen LogP contribution in [0.15, 0.2) is 51.8 Å². The molecular weight excluding hydrogens is 296 g/mol. The smallest absolute Gasteiger partial charge is 0.351 e. The molecule has 1 aromatic carbocycles. The highest BCUT2D eigenvalue weighted by Crippen LogP contribution is 2.16. The number of para-hydroxylation sites is 2. The lowest BCUT2D eigenvalue weighted by atomic mass is 10.1. The molecule has 114 valence electrons. The third-order valence-corrected chi connectivity index (χ3v) is 3.17. The van der Waals surface area contributed by atoms with Crippen molar-refractivity contribution in [1.29, 1.82) is 0 Å². The molecule has 3 aromatic rings. The Balaban J connectivity index is 1.92. The van der Waals surface area contributed by atoms with Crippen molar-refractivity contribution in [3.05, 3.63) is 70.0 Å². The van der Waals surface area contributed by atoms with Gasteiger partial charge in [0.15, 0.2) is 5.78 Å². The van der Waals surface area contributed by atoms with E-state index in [1.165, 1.54) is 25.3 Å². The van der Waals surface area contributed by atoms with Gasteiger partial charge in [-0.15, -0.1) is 0 Å². The zero-order valence-electron chi connectivity index (χ0n) is 12.2. The Morgan fingerprint density at radius 3 is 2.74 bits per heavy atom. The maximum atomic E-state index is 12.1. The first-order valence-electron chi connectivity index (χ1n) is 6.82. The summed E-state index contributed by atoms with van der Waals surface area (Å²) in [7, 11) is 0. The maximum absolute atomic E-state index is 12.1. The average Bonchev–Trinajstić information content (AvgIpc) is 2.51. The summed E-state index contributed by atoms with van der Waals surface area (Å²) in [6.45, 7) is 1.51. The Morgan fingerprint density at radius 2 is 2.00 bits per heavy atom. The molecule has 2 aromatic heterocycles. The predicted molar refractivity (Wildman–Crippen MR) is 84.3 cm³/mol. The number of benzene rings is 1. The van der Waals surface area contributed by atoms with Crippen molar-refractivity contribution in [2.45, 2.75) is 6.92 Å². The van der Waals surface area contributed by atoms with Crippen LogP contribution in [0.1, 0.15) is 21.8 Å². The molecule has 3 rings (SSSR count). The van der Waals surface area contributed by atoms with E-state index in [4.69, 9.17) is 4.42 Å². The van der Waals surface area contributed by atoms with Gasteiger partial charge in [-0.05, 0) is 31.2 Å². The van der Waals surface area contributed by atoms with Gasteiger partial charge in [0.05, 0.1) is 22.9 Å². The largest absolute Gasteiger partial charge is 0.507 e. The zero-order valence-corrected chi connectivity index (χ0v) is 12.2. The van der Waals surface area contributed by atoms with Crippen molar-refractivity contribution in [3.8, 4) is 5.75 Å². The molecule has 0 saturated heterocycles. The van der Waals surface area contributed by atoms with E-state index in [1.54, 1.807) is 0 Å². The second kappa shape index (κ2) is 5.84. The minimum Gasteiger partial charge on any atom is -0.507 e. The lowest BCUT2D eigenvalue weighted by molar-refractivity contribution is 0.104. The minimum absolute atomic E-state index is 0.230. The molecule has 0 unspecified atom stereocenters. The standard InChI is InChI=1S/C17H12N2O4/c1-10-8-15(21)16(17(22)23-10)14(20)7-6-11-9-18-12-4-2-3-5-13(12)19-11/h2-9,21H,1H3/b7-6+. The fourth-order valence-electron chi connectivity index (χ4n) is 2.12. The number of hydrogen-bond donors (Lipinski definition) is 1. The molecule has 0 fully saturated rings. The van der Waals surface area contributed by atoms with Crippen LogP contribution in [0, 0.1) is 6.92 Å². The summed E-state index contributed by atoms with van der Waals surface area (Å²) in [5.41, 5.74) is 0.628. The summed E-state index contributed by atoms with van der Waals surface area (Å²) >= 11 is 0. The molecule has 0 saturated carbocycles.